The number of alkyl halides is 6. The fourth-order valence-corrected chi connectivity index (χ4v) is 3.06. The highest BCUT2D eigenvalue weighted by Gasteiger charge is 2.42. The van der Waals surface area contributed by atoms with Gasteiger partial charge in [-0.25, -0.2) is 8.42 Å². The molecule has 0 aromatic rings. The van der Waals surface area contributed by atoms with E-state index in [1.54, 1.807) is 0 Å². The standard InChI is InChI=1S/C8H12F6O2S/c1-5(7(9,10)11)3-17(15,16)4-6(2)8(12,13)14/h5-6H,3-4H2,1-2H3. The highest BCUT2D eigenvalue weighted by molar-refractivity contribution is 7.91. The van der Waals surface area contributed by atoms with Crippen LogP contribution in [0.3, 0.4) is 0 Å². The van der Waals surface area contributed by atoms with Crippen LogP contribution in [-0.4, -0.2) is 32.3 Å². The van der Waals surface area contributed by atoms with Crippen molar-refractivity contribution in [3.8, 4) is 0 Å². The maximum atomic E-state index is 12.1. The Morgan fingerprint density at radius 1 is 0.824 bits per heavy atom. The van der Waals surface area contributed by atoms with Crippen LogP contribution >= 0.6 is 0 Å². The van der Waals surface area contributed by atoms with Crippen LogP contribution in [0.5, 0.6) is 0 Å². The Balaban J connectivity index is 4.63. The second-order valence-corrected chi connectivity index (χ2v) is 6.12. The highest BCUT2D eigenvalue weighted by Crippen LogP contribution is 2.30. The molecule has 0 spiro atoms. The fourth-order valence-electron chi connectivity index (χ4n) is 1.02. The molecule has 9 heteroatoms. The zero-order valence-electron chi connectivity index (χ0n) is 9.06. The van der Waals surface area contributed by atoms with Crippen LogP contribution in [-0.2, 0) is 9.84 Å². The molecule has 0 saturated heterocycles. The average Bonchev–Trinajstić information content (AvgIpc) is 1.97. The van der Waals surface area contributed by atoms with Crippen LogP contribution < -0.4 is 0 Å². The minimum Gasteiger partial charge on any atom is -0.229 e. The van der Waals surface area contributed by atoms with Gasteiger partial charge in [0, 0.05) is 0 Å². The molecule has 0 aromatic carbocycles. The molecule has 0 heterocycles. The third kappa shape index (κ3) is 6.13. The molecule has 0 aromatic heterocycles. The molecule has 2 nitrogen and oxygen atoms in total. The Kier molecular flexibility index (Phi) is 4.89. The van der Waals surface area contributed by atoms with Gasteiger partial charge in [0.05, 0.1) is 23.3 Å². The summed E-state index contributed by atoms with van der Waals surface area (Å²) in [6.45, 7) is 1.24. The quantitative estimate of drug-likeness (QED) is 0.745. The first kappa shape index (κ1) is 16.5. The smallest absolute Gasteiger partial charge is 0.229 e. The summed E-state index contributed by atoms with van der Waals surface area (Å²) in [5.41, 5.74) is 0. The van der Waals surface area contributed by atoms with Crippen molar-refractivity contribution in [1.82, 2.24) is 0 Å². The Labute approximate surface area is 94.9 Å². The van der Waals surface area contributed by atoms with Crippen molar-refractivity contribution in [2.75, 3.05) is 11.5 Å². The zero-order valence-corrected chi connectivity index (χ0v) is 9.88. The summed E-state index contributed by atoms with van der Waals surface area (Å²) >= 11 is 0. The van der Waals surface area contributed by atoms with E-state index in [0.717, 1.165) is 0 Å². The van der Waals surface area contributed by atoms with E-state index >= 15 is 0 Å². The average molecular weight is 286 g/mol. The van der Waals surface area contributed by atoms with E-state index in [2.05, 4.69) is 0 Å². The monoisotopic (exact) mass is 286 g/mol. The molecule has 17 heavy (non-hydrogen) atoms. The first-order chi connectivity index (χ1) is 7.26. The van der Waals surface area contributed by atoms with E-state index in [4.69, 9.17) is 0 Å². The lowest BCUT2D eigenvalue weighted by Gasteiger charge is -2.19. The number of sulfone groups is 1. The van der Waals surface area contributed by atoms with Crippen molar-refractivity contribution >= 4 is 9.84 Å². The number of hydrogen-bond acceptors (Lipinski definition) is 2. The first-order valence-electron chi connectivity index (χ1n) is 4.59. The summed E-state index contributed by atoms with van der Waals surface area (Å²) in [4.78, 5) is 0. The van der Waals surface area contributed by atoms with Gasteiger partial charge in [-0.1, -0.05) is 13.8 Å². The van der Waals surface area contributed by atoms with Crippen LogP contribution in [0, 0.1) is 11.8 Å². The van der Waals surface area contributed by atoms with E-state index in [1.807, 2.05) is 0 Å². The van der Waals surface area contributed by atoms with Crippen LogP contribution in [0.15, 0.2) is 0 Å². The molecular weight excluding hydrogens is 274 g/mol. The molecule has 0 aliphatic heterocycles. The molecule has 0 amide bonds. The number of halogens is 6. The molecular formula is C8H12F6O2S. The van der Waals surface area contributed by atoms with Gasteiger partial charge in [-0.3, -0.25) is 0 Å². The van der Waals surface area contributed by atoms with Gasteiger partial charge in [0.2, 0.25) is 0 Å². The van der Waals surface area contributed by atoms with Gasteiger partial charge in [-0.15, -0.1) is 0 Å². The zero-order chi connectivity index (χ0) is 14.1. The molecule has 2 atom stereocenters. The van der Waals surface area contributed by atoms with Crippen LogP contribution in [0.2, 0.25) is 0 Å². The predicted octanol–water partition coefficient (Wildman–Crippen LogP) is 2.80. The highest BCUT2D eigenvalue weighted by atomic mass is 32.2. The summed E-state index contributed by atoms with van der Waals surface area (Å²) < 4.78 is 94.7. The molecule has 0 fully saturated rings. The molecule has 0 rings (SSSR count). The van der Waals surface area contributed by atoms with Crippen molar-refractivity contribution in [2.24, 2.45) is 11.8 Å². The van der Waals surface area contributed by atoms with Crippen molar-refractivity contribution in [1.29, 1.82) is 0 Å². The van der Waals surface area contributed by atoms with Gasteiger partial charge in [-0.05, 0) is 0 Å². The van der Waals surface area contributed by atoms with Gasteiger partial charge in [0.15, 0.2) is 9.84 Å². The second-order valence-electron chi connectivity index (χ2n) is 3.96. The van der Waals surface area contributed by atoms with Crippen LogP contribution in [0.1, 0.15) is 13.8 Å². The van der Waals surface area contributed by atoms with Gasteiger partial charge in [-0.2, -0.15) is 26.3 Å². The third-order valence-electron chi connectivity index (χ3n) is 2.13. The fraction of sp³-hybridized carbons (Fsp3) is 1.00. The SMILES string of the molecule is CC(CS(=O)(=O)CC(C)C(F)(F)F)C(F)(F)F. The molecule has 0 N–H and O–H groups in total. The topological polar surface area (TPSA) is 34.1 Å². The van der Waals surface area contributed by atoms with E-state index in [9.17, 15) is 34.8 Å². The largest absolute Gasteiger partial charge is 0.392 e. The summed E-state index contributed by atoms with van der Waals surface area (Å²) in [5.74, 6) is -6.99. The second kappa shape index (κ2) is 5.03. The van der Waals surface area contributed by atoms with Crippen molar-refractivity contribution in [3.05, 3.63) is 0 Å². The van der Waals surface area contributed by atoms with Crippen molar-refractivity contribution in [2.45, 2.75) is 26.2 Å². The van der Waals surface area contributed by atoms with E-state index in [-0.39, 0.29) is 0 Å². The van der Waals surface area contributed by atoms with E-state index in [1.165, 1.54) is 0 Å². The van der Waals surface area contributed by atoms with Gasteiger partial charge < -0.3 is 0 Å². The molecule has 0 aliphatic carbocycles. The molecule has 0 saturated carbocycles. The predicted molar refractivity (Wildman–Crippen MR) is 49.1 cm³/mol. The minimum absolute atomic E-state index is 0.621. The van der Waals surface area contributed by atoms with Crippen LogP contribution in [0.25, 0.3) is 0 Å². The Hall–Kier alpha value is -0.470. The lowest BCUT2D eigenvalue weighted by molar-refractivity contribution is -0.164. The van der Waals surface area contributed by atoms with Gasteiger partial charge in [0.25, 0.3) is 0 Å². The lowest BCUT2D eigenvalue weighted by Crippen LogP contribution is -2.33. The van der Waals surface area contributed by atoms with E-state index < -0.39 is 45.5 Å². The maximum Gasteiger partial charge on any atom is 0.392 e. The van der Waals surface area contributed by atoms with Crippen molar-refractivity contribution in [3.63, 3.8) is 0 Å². The Bertz CT molecular complexity index is 314. The Morgan fingerprint density at radius 2 is 1.06 bits per heavy atom. The summed E-state index contributed by atoms with van der Waals surface area (Å²) in [7, 11) is -4.39. The first-order valence-corrected chi connectivity index (χ1v) is 6.41. The van der Waals surface area contributed by atoms with Crippen molar-refractivity contribution < 1.29 is 34.8 Å². The van der Waals surface area contributed by atoms with Gasteiger partial charge >= 0.3 is 12.4 Å². The normalized spacial score (nSPS) is 17.9. The molecule has 0 radical (unpaired) electrons. The Morgan fingerprint density at radius 3 is 1.24 bits per heavy atom. The molecule has 2 unspecified atom stereocenters. The minimum atomic E-state index is -4.73. The summed E-state index contributed by atoms with van der Waals surface area (Å²) in [6, 6.07) is 0. The number of hydrogen-bond donors (Lipinski definition) is 0. The molecule has 0 aliphatic rings. The summed E-state index contributed by atoms with van der Waals surface area (Å²) in [6.07, 6.45) is -9.46. The summed E-state index contributed by atoms with van der Waals surface area (Å²) in [5, 5.41) is 0. The van der Waals surface area contributed by atoms with Gasteiger partial charge in [0.1, 0.15) is 0 Å². The molecule has 0 bridgehead atoms. The van der Waals surface area contributed by atoms with Crippen LogP contribution in [0.4, 0.5) is 26.3 Å². The lowest BCUT2D eigenvalue weighted by atomic mass is 10.2. The van der Waals surface area contributed by atoms with E-state index in [0.29, 0.717) is 13.8 Å². The molecule has 104 valence electrons. The maximum absolute atomic E-state index is 12.1. The number of rotatable bonds is 4. The third-order valence-corrected chi connectivity index (χ3v) is 4.14.